The molecule has 0 aromatic carbocycles. The molecule has 4 atom stereocenters. The average Bonchev–Trinajstić information content (AvgIpc) is 2.14. The largest absolute Gasteiger partial charge is 0.394 e. The van der Waals surface area contributed by atoms with Crippen LogP contribution in [0, 0.1) is 0 Å². The minimum Gasteiger partial charge on any atom is -0.394 e. The highest BCUT2D eigenvalue weighted by Gasteiger charge is 2.29. The van der Waals surface area contributed by atoms with Gasteiger partial charge in [-0.25, -0.2) is 0 Å². The summed E-state index contributed by atoms with van der Waals surface area (Å²) in [6.45, 7) is -0.822. The summed E-state index contributed by atoms with van der Waals surface area (Å²) in [5.41, 5.74) is 2.09. The molecular weight excluding hydrogens is 180 g/mol. The van der Waals surface area contributed by atoms with E-state index in [9.17, 15) is 0 Å². The van der Waals surface area contributed by atoms with Crippen molar-refractivity contribution in [3.63, 3.8) is 0 Å². The van der Waals surface area contributed by atoms with Crippen LogP contribution in [0.15, 0.2) is 0 Å². The maximum atomic E-state index is 9.15. The number of aliphatic hydroxyl groups excluding tert-OH is 5. The Labute approximate surface area is 75.4 Å². The van der Waals surface area contributed by atoms with Gasteiger partial charge in [-0.15, -0.1) is 0 Å². The van der Waals surface area contributed by atoms with Gasteiger partial charge in [-0.2, -0.15) is 0 Å². The average molecular weight is 196 g/mol. The second kappa shape index (κ2) is 6.22. The second-order valence-electron chi connectivity index (χ2n) is 2.71. The van der Waals surface area contributed by atoms with Gasteiger partial charge in [-0.3, -0.25) is 11.3 Å². The summed E-state index contributed by atoms with van der Waals surface area (Å²) in [7, 11) is 0. The first-order valence-electron chi connectivity index (χ1n) is 3.81. The predicted molar refractivity (Wildman–Crippen MR) is 43.3 cm³/mol. The Morgan fingerprint density at radius 1 is 1.00 bits per heavy atom. The van der Waals surface area contributed by atoms with Crippen molar-refractivity contribution in [3.8, 4) is 0 Å². The zero-order valence-electron chi connectivity index (χ0n) is 7.04. The molecule has 80 valence electrons. The van der Waals surface area contributed by atoms with Crippen molar-refractivity contribution in [1.82, 2.24) is 5.43 Å². The Hall–Kier alpha value is -0.280. The highest BCUT2D eigenvalue weighted by atomic mass is 16.4. The number of aliphatic hydroxyl groups is 5. The van der Waals surface area contributed by atoms with Gasteiger partial charge >= 0.3 is 0 Å². The van der Waals surface area contributed by atoms with Crippen molar-refractivity contribution in [2.45, 2.75) is 24.4 Å². The molecule has 0 aliphatic carbocycles. The van der Waals surface area contributed by atoms with Gasteiger partial charge in [0.15, 0.2) is 0 Å². The molecule has 0 bridgehead atoms. The van der Waals surface area contributed by atoms with Crippen LogP contribution >= 0.6 is 0 Å². The number of hydrogen-bond donors (Lipinski definition) is 7. The van der Waals surface area contributed by atoms with Gasteiger partial charge in [0.2, 0.25) is 0 Å². The molecule has 0 aromatic heterocycles. The summed E-state index contributed by atoms with van der Waals surface area (Å²) in [6, 6.07) is 0. The summed E-state index contributed by atoms with van der Waals surface area (Å²) < 4.78 is 0. The molecule has 7 nitrogen and oxygen atoms in total. The summed E-state index contributed by atoms with van der Waals surface area (Å²) in [5.74, 6) is 4.86. The number of hydrazine groups is 1. The molecule has 0 spiro atoms. The van der Waals surface area contributed by atoms with Crippen LogP contribution in [0.4, 0.5) is 0 Å². The van der Waals surface area contributed by atoms with Gasteiger partial charge in [0.25, 0.3) is 0 Å². The Kier molecular flexibility index (Phi) is 6.08. The lowest BCUT2D eigenvalue weighted by atomic mass is 10.0. The summed E-state index contributed by atoms with van der Waals surface area (Å²) in [6.07, 6.45) is -5.95. The number of nitrogens with two attached hydrogens (primary N) is 1. The van der Waals surface area contributed by atoms with E-state index in [1.54, 1.807) is 0 Å². The lowest BCUT2D eigenvalue weighted by Crippen LogP contribution is -2.49. The molecule has 0 rings (SSSR count). The third kappa shape index (κ3) is 3.96. The molecule has 0 aliphatic rings. The Morgan fingerprint density at radius 2 is 1.46 bits per heavy atom. The maximum absolute atomic E-state index is 9.15. The van der Waals surface area contributed by atoms with Crippen LogP contribution in [-0.2, 0) is 0 Å². The van der Waals surface area contributed by atoms with Crippen molar-refractivity contribution in [2.75, 3.05) is 13.2 Å². The van der Waals surface area contributed by atoms with Crippen LogP contribution in [-0.4, -0.2) is 63.1 Å². The number of nitrogens with one attached hydrogen (secondary N) is 1. The number of rotatable bonds is 6. The molecule has 7 heteroatoms. The fourth-order valence-corrected chi connectivity index (χ4v) is 0.805. The first-order chi connectivity index (χ1) is 6.04. The van der Waals surface area contributed by atoms with Crippen LogP contribution in [0.3, 0.4) is 0 Å². The molecule has 0 saturated carbocycles. The highest BCUT2D eigenvalue weighted by Crippen LogP contribution is 2.03. The van der Waals surface area contributed by atoms with Gasteiger partial charge in [0.1, 0.15) is 18.3 Å². The SMILES string of the molecule is NNC[C@@H](O)[C@H](O)[C@@H](O)[C@@H](O)CO. The minimum atomic E-state index is -1.60. The molecule has 0 fully saturated rings. The fourth-order valence-electron chi connectivity index (χ4n) is 0.805. The zero-order valence-corrected chi connectivity index (χ0v) is 7.04. The zero-order chi connectivity index (χ0) is 10.4. The molecule has 0 aromatic rings. The Bertz CT molecular complexity index is 136. The predicted octanol–water partition coefficient (Wildman–Crippen LogP) is -4.11. The van der Waals surface area contributed by atoms with Crippen LogP contribution in [0.1, 0.15) is 0 Å². The van der Waals surface area contributed by atoms with Crippen molar-refractivity contribution in [3.05, 3.63) is 0 Å². The molecular formula is C6H16N2O5. The van der Waals surface area contributed by atoms with E-state index in [0.29, 0.717) is 0 Å². The molecule has 0 aliphatic heterocycles. The van der Waals surface area contributed by atoms with Crippen LogP contribution in [0.25, 0.3) is 0 Å². The molecule has 0 radical (unpaired) electrons. The van der Waals surface area contributed by atoms with E-state index in [4.69, 9.17) is 31.4 Å². The monoisotopic (exact) mass is 196 g/mol. The van der Waals surface area contributed by atoms with E-state index < -0.39 is 31.0 Å². The quantitative estimate of drug-likeness (QED) is 0.169. The van der Waals surface area contributed by atoms with Crippen molar-refractivity contribution >= 4 is 0 Å². The van der Waals surface area contributed by atoms with E-state index in [2.05, 4.69) is 5.43 Å². The first kappa shape index (κ1) is 12.7. The van der Waals surface area contributed by atoms with Crippen LogP contribution in [0.5, 0.6) is 0 Å². The normalized spacial score (nSPS) is 20.8. The summed E-state index contributed by atoms with van der Waals surface area (Å²) in [5, 5.41) is 44.6. The molecule has 0 amide bonds. The van der Waals surface area contributed by atoms with Gasteiger partial charge in [-0.05, 0) is 0 Å². The van der Waals surface area contributed by atoms with Gasteiger partial charge in [0.05, 0.1) is 12.7 Å². The standard InChI is InChI=1S/C6H16N2O5/c7-8-1-3(10)5(12)6(13)4(11)2-9/h3-6,8-13H,1-2,7H2/t3-,4+,5+,6+/m1/s1. The van der Waals surface area contributed by atoms with E-state index >= 15 is 0 Å². The molecule has 13 heavy (non-hydrogen) atoms. The van der Waals surface area contributed by atoms with E-state index in [-0.39, 0.29) is 6.54 Å². The van der Waals surface area contributed by atoms with E-state index in [1.807, 2.05) is 0 Å². The smallest absolute Gasteiger partial charge is 0.111 e. The van der Waals surface area contributed by atoms with Crippen molar-refractivity contribution in [2.24, 2.45) is 5.84 Å². The van der Waals surface area contributed by atoms with E-state index in [1.165, 1.54) is 0 Å². The Morgan fingerprint density at radius 3 is 1.85 bits per heavy atom. The third-order valence-corrected chi connectivity index (χ3v) is 1.65. The first-order valence-corrected chi connectivity index (χ1v) is 3.81. The van der Waals surface area contributed by atoms with Gasteiger partial charge in [0, 0.05) is 6.54 Å². The lowest BCUT2D eigenvalue weighted by molar-refractivity contribution is -0.113. The molecule has 0 unspecified atom stereocenters. The molecule has 0 saturated heterocycles. The molecule has 8 N–H and O–H groups in total. The van der Waals surface area contributed by atoms with E-state index in [0.717, 1.165) is 0 Å². The van der Waals surface area contributed by atoms with Crippen molar-refractivity contribution in [1.29, 1.82) is 0 Å². The minimum absolute atomic E-state index is 0.129. The fraction of sp³-hybridized carbons (Fsp3) is 1.00. The Balaban J connectivity index is 3.99. The van der Waals surface area contributed by atoms with Crippen molar-refractivity contribution < 1.29 is 25.5 Å². The summed E-state index contributed by atoms with van der Waals surface area (Å²) in [4.78, 5) is 0. The van der Waals surface area contributed by atoms with Gasteiger partial charge in [-0.1, -0.05) is 0 Å². The van der Waals surface area contributed by atoms with Crippen LogP contribution in [0.2, 0.25) is 0 Å². The molecule has 0 heterocycles. The highest BCUT2D eigenvalue weighted by molar-refractivity contribution is 4.80. The number of hydrogen-bond acceptors (Lipinski definition) is 7. The topological polar surface area (TPSA) is 139 Å². The van der Waals surface area contributed by atoms with Gasteiger partial charge < -0.3 is 25.5 Å². The summed E-state index contributed by atoms with van der Waals surface area (Å²) >= 11 is 0. The maximum Gasteiger partial charge on any atom is 0.111 e. The third-order valence-electron chi connectivity index (χ3n) is 1.65. The second-order valence-corrected chi connectivity index (χ2v) is 2.71. The lowest BCUT2D eigenvalue weighted by Gasteiger charge is -2.25. The van der Waals surface area contributed by atoms with Crippen LogP contribution < -0.4 is 11.3 Å².